The smallest absolute Gasteiger partial charge is 0.307 e. The van der Waals surface area contributed by atoms with Crippen LogP contribution in [0.3, 0.4) is 0 Å². The molecule has 0 saturated carbocycles. The van der Waals surface area contributed by atoms with Crippen molar-refractivity contribution in [3.8, 4) is 0 Å². The first-order valence-electron chi connectivity index (χ1n) is 11.2. The molecule has 1 aromatic carbocycles. The van der Waals surface area contributed by atoms with Crippen LogP contribution in [0.1, 0.15) is 96.0 Å². The molecule has 1 aromatic rings. The summed E-state index contributed by atoms with van der Waals surface area (Å²) in [6, 6.07) is 10.0. The summed E-state index contributed by atoms with van der Waals surface area (Å²) in [6.45, 7) is 4.28. The van der Waals surface area contributed by atoms with E-state index in [1.165, 1.54) is 38.5 Å². The Balaban J connectivity index is 2.12. The zero-order valence-electron chi connectivity index (χ0n) is 18.0. The highest BCUT2D eigenvalue weighted by atomic mass is 16.4. The van der Waals surface area contributed by atoms with Crippen LogP contribution in [0, 0.1) is 5.92 Å². The van der Waals surface area contributed by atoms with E-state index in [4.69, 9.17) is 0 Å². The van der Waals surface area contributed by atoms with Crippen molar-refractivity contribution in [2.45, 2.75) is 90.4 Å². The Bertz CT molecular complexity index is 559. The van der Waals surface area contributed by atoms with Gasteiger partial charge in [0.15, 0.2) is 0 Å². The van der Waals surface area contributed by atoms with Crippen LogP contribution < -0.4 is 0 Å². The van der Waals surface area contributed by atoms with Crippen molar-refractivity contribution in [1.82, 2.24) is 0 Å². The molecule has 0 aliphatic heterocycles. The van der Waals surface area contributed by atoms with Crippen LogP contribution in [0.2, 0.25) is 0 Å². The standard InChI is InChI=1S/C26H40O2/c1-3-4-5-6-7-8-9-10-11-12-13-14-15-19-22-25(26(27)28)23(2)24-20-17-16-18-21-24/h7-8,10-11,16-18,20-21,23,25H,3-6,9,12-15,19,22H2,1-2H3,(H,27,28). The number of rotatable bonds is 16. The maximum atomic E-state index is 11.7. The van der Waals surface area contributed by atoms with Crippen LogP contribution in [-0.2, 0) is 4.79 Å². The zero-order valence-corrected chi connectivity index (χ0v) is 18.0. The van der Waals surface area contributed by atoms with Gasteiger partial charge in [-0.25, -0.2) is 0 Å². The van der Waals surface area contributed by atoms with Gasteiger partial charge in [0.2, 0.25) is 0 Å². The number of carbonyl (C=O) groups is 1. The molecule has 1 rings (SSSR count). The minimum atomic E-state index is -0.665. The number of benzene rings is 1. The van der Waals surface area contributed by atoms with Crippen molar-refractivity contribution >= 4 is 5.97 Å². The molecule has 0 radical (unpaired) electrons. The third-order valence-corrected chi connectivity index (χ3v) is 5.46. The van der Waals surface area contributed by atoms with Crippen LogP contribution in [0.4, 0.5) is 0 Å². The molecular weight excluding hydrogens is 344 g/mol. The van der Waals surface area contributed by atoms with Gasteiger partial charge in [0.05, 0.1) is 5.92 Å². The summed E-state index contributed by atoms with van der Waals surface area (Å²) in [4.78, 5) is 11.7. The molecule has 2 nitrogen and oxygen atoms in total. The molecular formula is C26H40O2. The van der Waals surface area contributed by atoms with Gasteiger partial charge in [-0.15, -0.1) is 0 Å². The van der Waals surface area contributed by atoms with Gasteiger partial charge in [-0.3, -0.25) is 4.79 Å². The van der Waals surface area contributed by atoms with Crippen molar-refractivity contribution in [1.29, 1.82) is 0 Å². The fraction of sp³-hybridized carbons (Fsp3) is 0.577. The molecule has 0 aliphatic carbocycles. The van der Waals surface area contributed by atoms with Crippen LogP contribution >= 0.6 is 0 Å². The van der Waals surface area contributed by atoms with Crippen LogP contribution in [0.5, 0.6) is 0 Å². The van der Waals surface area contributed by atoms with Crippen LogP contribution in [0.15, 0.2) is 54.6 Å². The second kappa shape index (κ2) is 16.2. The van der Waals surface area contributed by atoms with Gasteiger partial charge < -0.3 is 5.11 Å². The first kappa shape index (κ1) is 24.2. The SMILES string of the molecule is CCCCCC=CCC=CCCCCCCC(C(=O)O)C(C)c1ccccc1. The summed E-state index contributed by atoms with van der Waals surface area (Å²) in [5.74, 6) is -0.884. The van der Waals surface area contributed by atoms with E-state index in [1.807, 2.05) is 37.3 Å². The normalized spacial score (nSPS) is 13.9. The van der Waals surface area contributed by atoms with Crippen molar-refractivity contribution in [2.75, 3.05) is 0 Å². The molecule has 0 aliphatic rings. The van der Waals surface area contributed by atoms with E-state index in [1.54, 1.807) is 0 Å². The summed E-state index contributed by atoms with van der Waals surface area (Å²) in [7, 11) is 0. The maximum absolute atomic E-state index is 11.7. The van der Waals surface area contributed by atoms with Crippen LogP contribution in [0.25, 0.3) is 0 Å². The molecule has 0 saturated heterocycles. The Morgan fingerprint density at radius 2 is 1.50 bits per heavy atom. The van der Waals surface area contributed by atoms with Crippen molar-refractivity contribution in [3.63, 3.8) is 0 Å². The summed E-state index contributed by atoms with van der Waals surface area (Å²) in [5.41, 5.74) is 1.12. The van der Waals surface area contributed by atoms with Crippen LogP contribution in [-0.4, -0.2) is 11.1 Å². The van der Waals surface area contributed by atoms with E-state index in [0.29, 0.717) is 0 Å². The predicted molar refractivity (Wildman–Crippen MR) is 121 cm³/mol. The second-order valence-electron chi connectivity index (χ2n) is 7.81. The van der Waals surface area contributed by atoms with Gasteiger partial charge in [-0.05, 0) is 50.0 Å². The molecule has 2 heteroatoms. The van der Waals surface area contributed by atoms with Gasteiger partial charge in [-0.2, -0.15) is 0 Å². The zero-order chi connectivity index (χ0) is 20.5. The second-order valence-corrected chi connectivity index (χ2v) is 7.81. The Labute approximate surface area is 172 Å². The van der Waals surface area contributed by atoms with E-state index in [9.17, 15) is 9.90 Å². The van der Waals surface area contributed by atoms with Gasteiger partial charge in [0.25, 0.3) is 0 Å². The maximum Gasteiger partial charge on any atom is 0.307 e. The summed E-state index contributed by atoms with van der Waals surface area (Å²) in [6.07, 6.45) is 21.7. The lowest BCUT2D eigenvalue weighted by molar-refractivity contribution is -0.142. The number of unbranched alkanes of at least 4 members (excludes halogenated alkanes) is 7. The largest absolute Gasteiger partial charge is 0.481 e. The van der Waals surface area contributed by atoms with Gasteiger partial charge in [-0.1, -0.05) is 101 Å². The topological polar surface area (TPSA) is 37.3 Å². The molecule has 156 valence electrons. The fourth-order valence-electron chi connectivity index (χ4n) is 3.58. The molecule has 0 heterocycles. The van der Waals surface area contributed by atoms with Gasteiger partial charge in [0, 0.05) is 0 Å². The number of carboxylic acid groups (broad SMARTS) is 1. The Kier molecular flexibility index (Phi) is 14.0. The lowest BCUT2D eigenvalue weighted by atomic mass is 9.84. The summed E-state index contributed by atoms with van der Waals surface area (Å²) in [5, 5.41) is 9.59. The van der Waals surface area contributed by atoms with Crippen molar-refractivity contribution in [3.05, 3.63) is 60.2 Å². The van der Waals surface area contributed by atoms with E-state index < -0.39 is 5.97 Å². The fourth-order valence-corrected chi connectivity index (χ4v) is 3.58. The van der Waals surface area contributed by atoms with Crippen molar-refractivity contribution in [2.24, 2.45) is 5.92 Å². The lowest BCUT2D eigenvalue weighted by Crippen LogP contribution is -2.20. The molecule has 0 fully saturated rings. The Morgan fingerprint density at radius 1 is 0.893 bits per heavy atom. The molecule has 0 spiro atoms. The highest BCUT2D eigenvalue weighted by molar-refractivity contribution is 5.71. The molecule has 28 heavy (non-hydrogen) atoms. The van der Waals surface area contributed by atoms with E-state index >= 15 is 0 Å². The third kappa shape index (κ3) is 11.1. The number of allylic oxidation sites excluding steroid dienone is 4. The summed E-state index contributed by atoms with van der Waals surface area (Å²) >= 11 is 0. The minimum Gasteiger partial charge on any atom is -0.481 e. The molecule has 0 aromatic heterocycles. The summed E-state index contributed by atoms with van der Waals surface area (Å²) < 4.78 is 0. The molecule has 0 amide bonds. The molecule has 2 unspecified atom stereocenters. The molecule has 1 N–H and O–H groups in total. The van der Waals surface area contributed by atoms with E-state index in [2.05, 4.69) is 31.2 Å². The lowest BCUT2D eigenvalue weighted by Gasteiger charge is -2.20. The first-order valence-corrected chi connectivity index (χ1v) is 11.2. The number of hydrogen-bond donors (Lipinski definition) is 1. The third-order valence-electron chi connectivity index (χ3n) is 5.46. The Hall–Kier alpha value is -1.83. The number of carboxylic acids is 1. The highest BCUT2D eigenvalue weighted by Gasteiger charge is 2.25. The average Bonchev–Trinajstić information content (AvgIpc) is 2.71. The van der Waals surface area contributed by atoms with E-state index in [-0.39, 0.29) is 11.8 Å². The first-order chi connectivity index (χ1) is 13.7. The minimum absolute atomic E-state index is 0.0664. The monoisotopic (exact) mass is 384 g/mol. The predicted octanol–water partition coefficient (Wildman–Crippen LogP) is 7.91. The Morgan fingerprint density at radius 3 is 2.11 bits per heavy atom. The molecule has 2 atom stereocenters. The average molecular weight is 385 g/mol. The van der Waals surface area contributed by atoms with Gasteiger partial charge >= 0.3 is 5.97 Å². The number of aliphatic carboxylic acids is 1. The highest BCUT2D eigenvalue weighted by Crippen LogP contribution is 2.28. The number of hydrogen-bond acceptors (Lipinski definition) is 1. The van der Waals surface area contributed by atoms with E-state index in [0.717, 1.165) is 37.7 Å². The quantitative estimate of drug-likeness (QED) is 0.232. The van der Waals surface area contributed by atoms with Crippen molar-refractivity contribution < 1.29 is 9.90 Å². The molecule has 0 bridgehead atoms. The van der Waals surface area contributed by atoms with Gasteiger partial charge in [0.1, 0.15) is 0 Å².